The topological polar surface area (TPSA) is 110 Å². The third kappa shape index (κ3) is 3.69. The maximum atomic E-state index is 12.1. The van der Waals surface area contributed by atoms with Crippen molar-refractivity contribution < 1.29 is 14.7 Å². The number of nitrogens with zero attached hydrogens (tertiary/aromatic N) is 1. The molecule has 0 fully saturated rings. The van der Waals surface area contributed by atoms with Crippen molar-refractivity contribution in [3.63, 3.8) is 0 Å². The minimum absolute atomic E-state index is 0.128. The predicted octanol–water partition coefficient (Wildman–Crippen LogP) is 0.805. The zero-order valence-electron chi connectivity index (χ0n) is 11.8. The molecular weight excluding hydrogens is 282 g/mol. The fourth-order valence-electron chi connectivity index (χ4n) is 1.97. The zero-order valence-corrected chi connectivity index (χ0v) is 11.8. The fourth-order valence-corrected chi connectivity index (χ4v) is 1.97. The summed E-state index contributed by atoms with van der Waals surface area (Å²) in [6, 6.07) is 13.6. The first-order chi connectivity index (χ1) is 10.5. The van der Waals surface area contributed by atoms with E-state index in [1.54, 1.807) is 42.5 Å². The maximum absolute atomic E-state index is 12.1. The van der Waals surface area contributed by atoms with Crippen LogP contribution in [0, 0.1) is 0 Å². The summed E-state index contributed by atoms with van der Waals surface area (Å²) in [5.74, 6) is 4.44. The third-order valence-electron chi connectivity index (χ3n) is 3.19. The number of carbonyl (C=O) groups is 2. The molecule has 6 heteroatoms. The minimum atomic E-state index is -0.942. The lowest BCUT2D eigenvalue weighted by atomic mass is 10.1. The zero-order chi connectivity index (χ0) is 16.1. The van der Waals surface area contributed by atoms with Gasteiger partial charge in [-0.05, 0) is 36.2 Å². The van der Waals surface area contributed by atoms with Gasteiger partial charge in [0.05, 0.1) is 6.04 Å². The Kier molecular flexibility index (Phi) is 4.88. The smallest absolute Gasteiger partial charge is 0.274 e. The van der Waals surface area contributed by atoms with Gasteiger partial charge in [-0.25, -0.2) is 10.9 Å². The molecule has 1 atom stereocenters. The average Bonchev–Trinajstić information content (AvgIpc) is 2.55. The number of hydrogen-bond acceptors (Lipinski definition) is 5. The second kappa shape index (κ2) is 6.84. The van der Waals surface area contributed by atoms with Gasteiger partial charge in [-0.1, -0.05) is 30.3 Å². The molecule has 0 aliphatic carbocycles. The Morgan fingerprint density at radius 3 is 2.23 bits per heavy atom. The third-order valence-corrected chi connectivity index (χ3v) is 3.19. The highest BCUT2D eigenvalue weighted by Gasteiger charge is 2.25. The van der Waals surface area contributed by atoms with Gasteiger partial charge in [0.2, 0.25) is 0 Å². The molecule has 2 aromatic carbocycles. The molecule has 0 saturated heterocycles. The lowest BCUT2D eigenvalue weighted by Gasteiger charge is -2.19. The summed E-state index contributed by atoms with van der Waals surface area (Å²) in [4.78, 5) is 24.2. The Hall–Kier alpha value is -2.70. The number of nitrogens with two attached hydrogens (primary N) is 2. The van der Waals surface area contributed by atoms with E-state index in [9.17, 15) is 14.7 Å². The van der Waals surface area contributed by atoms with E-state index in [0.29, 0.717) is 10.6 Å². The van der Waals surface area contributed by atoms with Crippen molar-refractivity contribution >= 4 is 11.8 Å². The van der Waals surface area contributed by atoms with Crippen LogP contribution in [0.25, 0.3) is 0 Å². The Labute approximate surface area is 127 Å². The van der Waals surface area contributed by atoms with Crippen molar-refractivity contribution in [3.8, 4) is 5.75 Å². The molecule has 0 saturated carbocycles. The van der Waals surface area contributed by atoms with E-state index in [4.69, 9.17) is 11.6 Å². The number of aromatic hydroxyl groups is 1. The second-order valence-corrected chi connectivity index (χ2v) is 4.86. The van der Waals surface area contributed by atoms with Gasteiger partial charge in [0.15, 0.2) is 0 Å². The van der Waals surface area contributed by atoms with Crippen LogP contribution in [0.2, 0.25) is 0 Å². The SMILES string of the molecule is N[C@@H](Cc1ccc(O)cc1)C(=O)N(N)C(=O)c1ccccc1. The van der Waals surface area contributed by atoms with E-state index < -0.39 is 17.9 Å². The number of carbonyl (C=O) groups excluding carboxylic acids is 2. The molecule has 6 nitrogen and oxygen atoms in total. The highest BCUT2D eigenvalue weighted by Crippen LogP contribution is 2.11. The summed E-state index contributed by atoms with van der Waals surface area (Å²) in [7, 11) is 0. The number of hydrazine groups is 1. The molecular formula is C16H17N3O3. The molecule has 0 bridgehead atoms. The van der Waals surface area contributed by atoms with Gasteiger partial charge in [0.1, 0.15) is 5.75 Å². The molecule has 114 valence electrons. The molecule has 2 aromatic rings. The van der Waals surface area contributed by atoms with Crippen LogP contribution in [0.3, 0.4) is 0 Å². The monoisotopic (exact) mass is 299 g/mol. The van der Waals surface area contributed by atoms with E-state index in [1.165, 1.54) is 12.1 Å². The summed E-state index contributed by atoms with van der Waals surface area (Å²) in [6.45, 7) is 0. The van der Waals surface area contributed by atoms with Gasteiger partial charge in [-0.2, -0.15) is 0 Å². The number of imide groups is 1. The molecule has 2 amide bonds. The number of amides is 2. The Bertz CT molecular complexity index is 656. The van der Waals surface area contributed by atoms with Crippen LogP contribution in [0.4, 0.5) is 0 Å². The first-order valence-corrected chi connectivity index (χ1v) is 6.70. The van der Waals surface area contributed by atoms with Gasteiger partial charge in [-0.15, -0.1) is 0 Å². The summed E-state index contributed by atoms with van der Waals surface area (Å²) in [5.41, 5.74) is 6.90. The van der Waals surface area contributed by atoms with Crippen molar-refractivity contribution in [2.24, 2.45) is 11.6 Å². The summed E-state index contributed by atoms with van der Waals surface area (Å²) >= 11 is 0. The number of phenolic OH excluding ortho intramolecular Hbond substituents is 1. The van der Waals surface area contributed by atoms with Gasteiger partial charge < -0.3 is 10.8 Å². The highest BCUT2D eigenvalue weighted by atomic mass is 16.3. The van der Waals surface area contributed by atoms with Gasteiger partial charge >= 0.3 is 0 Å². The molecule has 2 rings (SSSR count). The van der Waals surface area contributed by atoms with Crippen LogP contribution < -0.4 is 11.6 Å². The van der Waals surface area contributed by atoms with E-state index in [1.807, 2.05) is 0 Å². The molecule has 5 N–H and O–H groups in total. The van der Waals surface area contributed by atoms with E-state index in [0.717, 1.165) is 5.56 Å². The molecule has 0 unspecified atom stereocenters. The van der Waals surface area contributed by atoms with E-state index in [2.05, 4.69) is 0 Å². The van der Waals surface area contributed by atoms with Crippen molar-refractivity contribution in [1.82, 2.24) is 5.01 Å². The normalized spacial score (nSPS) is 11.7. The number of hydrogen-bond donors (Lipinski definition) is 3. The average molecular weight is 299 g/mol. The maximum Gasteiger partial charge on any atom is 0.274 e. The molecule has 0 aliphatic rings. The van der Waals surface area contributed by atoms with Crippen LogP contribution in [-0.2, 0) is 11.2 Å². The van der Waals surface area contributed by atoms with Crippen molar-refractivity contribution in [2.45, 2.75) is 12.5 Å². The largest absolute Gasteiger partial charge is 0.508 e. The van der Waals surface area contributed by atoms with Gasteiger partial charge in [-0.3, -0.25) is 9.59 Å². The lowest BCUT2D eigenvalue weighted by molar-refractivity contribution is -0.130. The fraction of sp³-hybridized carbons (Fsp3) is 0.125. The van der Waals surface area contributed by atoms with E-state index >= 15 is 0 Å². The number of phenols is 1. The first kappa shape index (κ1) is 15.7. The Balaban J connectivity index is 2.03. The van der Waals surface area contributed by atoms with E-state index in [-0.39, 0.29) is 12.2 Å². The minimum Gasteiger partial charge on any atom is -0.508 e. The van der Waals surface area contributed by atoms with Crippen LogP contribution in [0.5, 0.6) is 5.75 Å². The quantitative estimate of drug-likeness (QED) is 0.439. The molecule has 22 heavy (non-hydrogen) atoms. The van der Waals surface area contributed by atoms with Gasteiger partial charge in [0.25, 0.3) is 11.8 Å². The van der Waals surface area contributed by atoms with Crippen molar-refractivity contribution in [2.75, 3.05) is 0 Å². The standard InChI is InChI=1S/C16H17N3O3/c17-14(10-11-6-8-13(20)9-7-11)16(22)19(18)15(21)12-4-2-1-3-5-12/h1-9,14,20H,10,17-18H2/t14-/m0/s1. The molecule has 0 spiro atoms. The van der Waals surface area contributed by atoms with Crippen LogP contribution >= 0.6 is 0 Å². The summed E-state index contributed by atoms with van der Waals surface area (Å²) < 4.78 is 0. The van der Waals surface area contributed by atoms with Crippen LogP contribution in [-0.4, -0.2) is 28.0 Å². The van der Waals surface area contributed by atoms with Crippen molar-refractivity contribution in [3.05, 3.63) is 65.7 Å². The molecule has 0 radical (unpaired) electrons. The summed E-state index contributed by atoms with van der Waals surface area (Å²) in [6.07, 6.45) is 0.217. The highest BCUT2D eigenvalue weighted by molar-refractivity contribution is 6.05. The van der Waals surface area contributed by atoms with Crippen molar-refractivity contribution in [1.29, 1.82) is 0 Å². The molecule has 0 heterocycles. The Morgan fingerprint density at radius 1 is 1.05 bits per heavy atom. The van der Waals surface area contributed by atoms with Crippen LogP contribution in [0.1, 0.15) is 15.9 Å². The number of benzene rings is 2. The summed E-state index contributed by atoms with van der Waals surface area (Å²) in [5, 5.41) is 9.76. The first-order valence-electron chi connectivity index (χ1n) is 6.70. The van der Waals surface area contributed by atoms with Crippen LogP contribution in [0.15, 0.2) is 54.6 Å². The predicted molar refractivity (Wildman–Crippen MR) is 81.6 cm³/mol. The second-order valence-electron chi connectivity index (χ2n) is 4.86. The molecule has 0 aliphatic heterocycles. The Morgan fingerprint density at radius 2 is 1.64 bits per heavy atom. The molecule has 0 aromatic heterocycles. The van der Waals surface area contributed by atoms with Gasteiger partial charge in [0, 0.05) is 5.56 Å². The lowest BCUT2D eigenvalue weighted by Crippen LogP contribution is -2.51. The number of rotatable bonds is 4.